The normalized spacial score (nSPS) is 40.7. The maximum atomic E-state index is 12.0. The zero-order valence-corrected chi connectivity index (χ0v) is 16.4. The summed E-state index contributed by atoms with van der Waals surface area (Å²) in [6.45, 7) is 4.90. The highest BCUT2D eigenvalue weighted by molar-refractivity contribution is 5.77. The Morgan fingerprint density at radius 1 is 1.07 bits per heavy atom. The van der Waals surface area contributed by atoms with Gasteiger partial charge in [0.25, 0.3) is 0 Å². The Balaban J connectivity index is 1.47. The average molecular weight is 364 g/mol. The van der Waals surface area contributed by atoms with E-state index in [9.17, 15) is 4.79 Å². The van der Waals surface area contributed by atoms with Crippen molar-refractivity contribution in [2.75, 3.05) is 0 Å². The first kappa shape index (κ1) is 17.2. The second-order valence-electron chi connectivity index (χ2n) is 9.47. The second kappa shape index (κ2) is 6.02. The number of amides is 1. The summed E-state index contributed by atoms with van der Waals surface area (Å²) in [4.78, 5) is 20.9. The van der Waals surface area contributed by atoms with Crippen LogP contribution in [0.15, 0.2) is 36.4 Å². The van der Waals surface area contributed by atoms with Crippen molar-refractivity contribution < 1.29 is 4.79 Å². The summed E-state index contributed by atoms with van der Waals surface area (Å²) in [6.07, 6.45) is 17.7. The number of carbonyl (C=O) groups excluding carboxylic acids is 1. The van der Waals surface area contributed by atoms with E-state index in [0.29, 0.717) is 18.3 Å². The lowest BCUT2D eigenvalue weighted by Crippen LogP contribution is -2.48. The van der Waals surface area contributed by atoms with Crippen LogP contribution < -0.4 is 5.32 Å². The Labute approximate surface area is 161 Å². The minimum absolute atomic E-state index is 0.179. The largest absolute Gasteiger partial charge is 0.333 e. The molecule has 4 aliphatic rings. The number of aromatic nitrogens is 2. The van der Waals surface area contributed by atoms with Crippen LogP contribution in [-0.2, 0) is 4.79 Å². The number of nitrogens with one attached hydrogen (secondary N) is 1. The molecule has 3 aliphatic carbocycles. The summed E-state index contributed by atoms with van der Waals surface area (Å²) in [5.74, 6) is 2.31. The lowest BCUT2D eigenvalue weighted by atomic mass is 9.47. The molecule has 4 heteroatoms. The Kier molecular flexibility index (Phi) is 3.82. The first-order valence-electron chi connectivity index (χ1n) is 10.5. The zero-order chi connectivity index (χ0) is 18.6. The van der Waals surface area contributed by atoms with Gasteiger partial charge in [0.05, 0.1) is 11.9 Å². The summed E-state index contributed by atoms with van der Waals surface area (Å²) < 4.78 is 0. The molecule has 2 saturated carbocycles. The van der Waals surface area contributed by atoms with Gasteiger partial charge in [-0.1, -0.05) is 19.9 Å². The molecular weight excluding hydrogens is 334 g/mol. The molecule has 0 bridgehead atoms. The molecule has 1 amide bonds. The molecular formula is C23H29N3O. The summed E-state index contributed by atoms with van der Waals surface area (Å²) in [6, 6.07) is 0. The highest BCUT2D eigenvalue weighted by Gasteiger charge is 2.57. The predicted octanol–water partition coefficient (Wildman–Crippen LogP) is 4.51. The van der Waals surface area contributed by atoms with Crippen molar-refractivity contribution in [3.8, 4) is 0 Å². The van der Waals surface area contributed by atoms with Gasteiger partial charge in [-0.3, -0.25) is 14.8 Å². The lowest BCUT2D eigenvalue weighted by Gasteiger charge is -2.56. The van der Waals surface area contributed by atoms with Crippen molar-refractivity contribution in [3.05, 3.63) is 42.1 Å². The van der Waals surface area contributed by atoms with Crippen molar-refractivity contribution in [3.63, 3.8) is 0 Å². The molecule has 142 valence electrons. The summed E-state index contributed by atoms with van der Waals surface area (Å²) in [5, 5.41) is 3.02. The Morgan fingerprint density at radius 2 is 1.96 bits per heavy atom. The van der Waals surface area contributed by atoms with Crippen LogP contribution in [0.2, 0.25) is 0 Å². The molecule has 0 radical (unpaired) electrons. The summed E-state index contributed by atoms with van der Waals surface area (Å²) in [5.41, 5.74) is 4.36. The molecule has 27 heavy (non-hydrogen) atoms. The monoisotopic (exact) mass is 363 g/mol. The molecule has 4 nitrogen and oxygen atoms in total. The van der Waals surface area contributed by atoms with E-state index < -0.39 is 0 Å². The van der Waals surface area contributed by atoms with Crippen LogP contribution in [0.1, 0.15) is 64.5 Å². The zero-order valence-electron chi connectivity index (χ0n) is 16.4. The van der Waals surface area contributed by atoms with Crippen LogP contribution in [0.25, 0.3) is 5.57 Å². The van der Waals surface area contributed by atoms with E-state index in [1.54, 1.807) is 6.20 Å². The van der Waals surface area contributed by atoms with Crippen molar-refractivity contribution in [2.24, 2.45) is 28.6 Å². The van der Waals surface area contributed by atoms with Crippen LogP contribution in [0, 0.1) is 28.6 Å². The number of hydrogen-bond acceptors (Lipinski definition) is 3. The Bertz CT molecular complexity index is 829. The van der Waals surface area contributed by atoms with Crippen LogP contribution in [0.5, 0.6) is 0 Å². The summed E-state index contributed by atoms with van der Waals surface area (Å²) >= 11 is 0. The topological polar surface area (TPSA) is 54.9 Å². The molecule has 1 N–H and O–H groups in total. The lowest BCUT2D eigenvalue weighted by molar-refractivity contribution is -0.120. The molecule has 5 atom stereocenters. The standard InChI is InChI=1S/C23H29N3O/c1-22-10-8-21(27)26-13-15(22)3-4-16-17-5-6-19(20-14-24-11-12-25-20)23(17,2)9-7-18(16)22/h6,11-14,16-18H,3-5,7-10H2,1-2H3,(H,26,27)/t16?,17?,18?,22-,23-/m0/s1. The highest BCUT2D eigenvalue weighted by Crippen LogP contribution is 2.66. The van der Waals surface area contributed by atoms with Crippen LogP contribution in [0.4, 0.5) is 0 Å². The fraction of sp³-hybridized carbons (Fsp3) is 0.609. The van der Waals surface area contributed by atoms with Crippen molar-refractivity contribution in [1.82, 2.24) is 15.3 Å². The molecule has 0 spiro atoms. The molecule has 1 aromatic rings. The maximum Gasteiger partial charge on any atom is 0.223 e. The third kappa shape index (κ3) is 2.45. The fourth-order valence-electron chi connectivity index (χ4n) is 6.93. The van der Waals surface area contributed by atoms with Gasteiger partial charge in [0.2, 0.25) is 5.91 Å². The van der Waals surface area contributed by atoms with Gasteiger partial charge < -0.3 is 5.32 Å². The van der Waals surface area contributed by atoms with E-state index in [1.165, 1.54) is 30.4 Å². The maximum absolute atomic E-state index is 12.0. The Hall–Kier alpha value is -1.97. The van der Waals surface area contributed by atoms with Crippen molar-refractivity contribution >= 4 is 11.5 Å². The van der Waals surface area contributed by atoms with Gasteiger partial charge in [0, 0.05) is 25.0 Å². The highest BCUT2D eigenvalue weighted by atomic mass is 16.1. The minimum atomic E-state index is 0.179. The second-order valence-corrected chi connectivity index (χ2v) is 9.47. The molecule has 0 saturated heterocycles. The smallest absolute Gasteiger partial charge is 0.223 e. The third-order valence-corrected chi connectivity index (χ3v) is 8.43. The van der Waals surface area contributed by atoms with E-state index in [4.69, 9.17) is 0 Å². The quantitative estimate of drug-likeness (QED) is 0.799. The third-order valence-electron chi connectivity index (χ3n) is 8.43. The molecule has 5 rings (SSSR count). The first-order valence-corrected chi connectivity index (χ1v) is 10.5. The molecule has 0 aromatic carbocycles. The number of fused-ring (bicyclic) bond motifs is 5. The average Bonchev–Trinajstić information content (AvgIpc) is 2.95. The van der Waals surface area contributed by atoms with Gasteiger partial charge >= 0.3 is 0 Å². The number of allylic oxidation sites excluding steroid dienone is 3. The van der Waals surface area contributed by atoms with E-state index in [1.807, 2.05) is 12.4 Å². The van der Waals surface area contributed by atoms with E-state index >= 15 is 0 Å². The fourth-order valence-corrected chi connectivity index (χ4v) is 6.93. The molecule has 2 fully saturated rings. The van der Waals surface area contributed by atoms with Crippen LogP contribution in [-0.4, -0.2) is 15.9 Å². The predicted molar refractivity (Wildman–Crippen MR) is 105 cm³/mol. The van der Waals surface area contributed by atoms with Crippen LogP contribution >= 0.6 is 0 Å². The number of carbonyl (C=O) groups is 1. The van der Waals surface area contributed by atoms with Gasteiger partial charge in [0.15, 0.2) is 0 Å². The van der Waals surface area contributed by atoms with Crippen molar-refractivity contribution in [2.45, 2.75) is 58.8 Å². The van der Waals surface area contributed by atoms with E-state index in [2.05, 4.69) is 41.4 Å². The van der Waals surface area contributed by atoms with Gasteiger partial charge in [0.1, 0.15) is 0 Å². The molecule has 3 unspecified atom stereocenters. The first-order chi connectivity index (χ1) is 13.0. The number of hydrogen-bond donors (Lipinski definition) is 1. The molecule has 1 aliphatic heterocycles. The van der Waals surface area contributed by atoms with Crippen molar-refractivity contribution in [1.29, 1.82) is 0 Å². The van der Waals surface area contributed by atoms with Crippen LogP contribution in [0.3, 0.4) is 0 Å². The Morgan fingerprint density at radius 3 is 2.78 bits per heavy atom. The summed E-state index contributed by atoms with van der Waals surface area (Å²) in [7, 11) is 0. The van der Waals surface area contributed by atoms with Gasteiger partial charge in [-0.2, -0.15) is 0 Å². The molecule has 2 heterocycles. The SMILES string of the molecule is C[C@]12CCC(=O)NC=C1CCC1C2CC[C@]2(C)C(c3cnccn3)=CCC12. The van der Waals surface area contributed by atoms with E-state index in [-0.39, 0.29) is 16.7 Å². The van der Waals surface area contributed by atoms with E-state index in [0.717, 1.165) is 30.9 Å². The minimum Gasteiger partial charge on any atom is -0.333 e. The van der Waals surface area contributed by atoms with Gasteiger partial charge in [-0.15, -0.1) is 0 Å². The van der Waals surface area contributed by atoms with Gasteiger partial charge in [-0.25, -0.2) is 0 Å². The number of rotatable bonds is 1. The number of nitrogens with zero attached hydrogens (tertiary/aromatic N) is 2. The van der Waals surface area contributed by atoms with Gasteiger partial charge in [-0.05, 0) is 78.3 Å². The molecule has 1 aromatic heterocycles.